The molecule has 0 radical (unpaired) electrons. The molecule has 2 rings (SSSR count). The summed E-state index contributed by atoms with van der Waals surface area (Å²) in [4.78, 5) is 0. The van der Waals surface area contributed by atoms with E-state index in [4.69, 9.17) is 0 Å². The maximum Gasteiger partial charge on any atom is 0.0992 e. The van der Waals surface area contributed by atoms with Gasteiger partial charge in [0.15, 0.2) is 0 Å². The molecule has 0 bridgehead atoms. The van der Waals surface area contributed by atoms with Crippen molar-refractivity contribution in [2.24, 2.45) is 5.92 Å². The van der Waals surface area contributed by atoms with Crippen LogP contribution in [-0.4, -0.2) is 17.7 Å². The topological polar surface area (TPSA) is 32.3 Å². The third-order valence-electron chi connectivity index (χ3n) is 4.49. The van der Waals surface area contributed by atoms with Crippen molar-refractivity contribution >= 4 is 0 Å². The van der Waals surface area contributed by atoms with E-state index >= 15 is 0 Å². The van der Waals surface area contributed by atoms with Crippen LogP contribution < -0.4 is 5.32 Å². The SMILES string of the molecule is CCC1CCCC(NCC(C)(O)c2ccccc2)C1. The molecule has 0 amide bonds. The summed E-state index contributed by atoms with van der Waals surface area (Å²) in [5.41, 5.74) is 0.214. The molecule has 106 valence electrons. The van der Waals surface area contributed by atoms with E-state index in [9.17, 15) is 5.11 Å². The Labute approximate surface area is 117 Å². The van der Waals surface area contributed by atoms with E-state index in [1.54, 1.807) is 0 Å². The molecule has 0 heterocycles. The normalized spacial score (nSPS) is 26.9. The van der Waals surface area contributed by atoms with Crippen molar-refractivity contribution in [3.05, 3.63) is 35.9 Å². The minimum Gasteiger partial charge on any atom is -0.384 e. The Bertz CT molecular complexity index is 374. The van der Waals surface area contributed by atoms with Crippen molar-refractivity contribution < 1.29 is 5.11 Å². The monoisotopic (exact) mass is 261 g/mol. The van der Waals surface area contributed by atoms with Gasteiger partial charge in [-0.25, -0.2) is 0 Å². The van der Waals surface area contributed by atoms with Gasteiger partial charge < -0.3 is 10.4 Å². The Balaban J connectivity index is 1.87. The van der Waals surface area contributed by atoms with Crippen LogP contribution in [0.3, 0.4) is 0 Å². The van der Waals surface area contributed by atoms with Gasteiger partial charge in [-0.15, -0.1) is 0 Å². The van der Waals surface area contributed by atoms with E-state index < -0.39 is 5.60 Å². The van der Waals surface area contributed by atoms with E-state index in [1.165, 1.54) is 32.1 Å². The number of aliphatic hydroxyl groups is 1. The van der Waals surface area contributed by atoms with Crippen LogP contribution in [-0.2, 0) is 5.60 Å². The van der Waals surface area contributed by atoms with Gasteiger partial charge in [0, 0.05) is 12.6 Å². The van der Waals surface area contributed by atoms with Crippen LogP contribution >= 0.6 is 0 Å². The first-order chi connectivity index (χ1) is 9.12. The Morgan fingerprint density at radius 3 is 2.68 bits per heavy atom. The molecule has 0 aliphatic heterocycles. The lowest BCUT2D eigenvalue weighted by molar-refractivity contribution is 0.0509. The third-order valence-corrected chi connectivity index (χ3v) is 4.49. The molecule has 2 N–H and O–H groups in total. The molecule has 1 aliphatic carbocycles. The average molecular weight is 261 g/mol. The highest BCUT2D eigenvalue weighted by atomic mass is 16.3. The molecule has 1 aliphatic rings. The lowest BCUT2D eigenvalue weighted by Crippen LogP contribution is -2.42. The molecule has 2 heteroatoms. The van der Waals surface area contributed by atoms with Crippen LogP contribution in [0.25, 0.3) is 0 Å². The molecule has 0 spiro atoms. The number of nitrogens with one attached hydrogen (secondary N) is 1. The van der Waals surface area contributed by atoms with Crippen molar-refractivity contribution in [2.75, 3.05) is 6.54 Å². The molecule has 1 saturated carbocycles. The minimum atomic E-state index is -0.777. The van der Waals surface area contributed by atoms with Gasteiger partial charge >= 0.3 is 0 Å². The van der Waals surface area contributed by atoms with Crippen LogP contribution in [0.1, 0.15) is 51.5 Å². The number of benzene rings is 1. The first-order valence-corrected chi connectivity index (χ1v) is 7.63. The lowest BCUT2D eigenvalue weighted by Gasteiger charge is -2.32. The summed E-state index contributed by atoms with van der Waals surface area (Å²) in [6, 6.07) is 10.5. The molecule has 3 unspecified atom stereocenters. The van der Waals surface area contributed by atoms with Gasteiger partial charge in [0.05, 0.1) is 5.60 Å². The minimum absolute atomic E-state index is 0.578. The van der Waals surface area contributed by atoms with Gasteiger partial charge in [0.1, 0.15) is 0 Å². The molecule has 0 saturated heterocycles. The highest BCUT2D eigenvalue weighted by Gasteiger charge is 2.26. The van der Waals surface area contributed by atoms with E-state index in [0.717, 1.165) is 11.5 Å². The maximum absolute atomic E-state index is 10.6. The molecular formula is C17H27NO. The second-order valence-electron chi connectivity index (χ2n) is 6.16. The van der Waals surface area contributed by atoms with E-state index in [0.29, 0.717) is 12.6 Å². The van der Waals surface area contributed by atoms with Crippen molar-refractivity contribution in [3.63, 3.8) is 0 Å². The lowest BCUT2D eigenvalue weighted by atomic mass is 9.84. The molecule has 2 nitrogen and oxygen atoms in total. The Morgan fingerprint density at radius 2 is 2.00 bits per heavy atom. The summed E-state index contributed by atoms with van der Waals surface area (Å²) in [6.45, 7) is 4.82. The van der Waals surface area contributed by atoms with Gasteiger partial charge in [-0.1, -0.05) is 56.5 Å². The maximum atomic E-state index is 10.6. The van der Waals surface area contributed by atoms with E-state index in [-0.39, 0.29) is 0 Å². The van der Waals surface area contributed by atoms with Crippen molar-refractivity contribution in [1.29, 1.82) is 0 Å². The first kappa shape index (κ1) is 14.5. The second-order valence-corrected chi connectivity index (χ2v) is 6.16. The fourth-order valence-corrected chi connectivity index (χ4v) is 3.09. The quantitative estimate of drug-likeness (QED) is 0.851. The van der Waals surface area contributed by atoms with Gasteiger partial charge in [-0.05, 0) is 31.2 Å². The third kappa shape index (κ3) is 4.05. The molecule has 0 aromatic heterocycles. The summed E-state index contributed by atoms with van der Waals surface area (Å²) in [5.74, 6) is 0.868. The van der Waals surface area contributed by atoms with E-state index in [1.807, 2.05) is 37.3 Å². The van der Waals surface area contributed by atoms with Gasteiger partial charge in [0.25, 0.3) is 0 Å². The van der Waals surface area contributed by atoms with Crippen LogP contribution in [0.15, 0.2) is 30.3 Å². The fourth-order valence-electron chi connectivity index (χ4n) is 3.09. The molecule has 1 aromatic carbocycles. The zero-order valence-corrected chi connectivity index (χ0v) is 12.2. The zero-order valence-electron chi connectivity index (χ0n) is 12.2. The smallest absolute Gasteiger partial charge is 0.0992 e. The molecule has 19 heavy (non-hydrogen) atoms. The molecule has 1 aromatic rings. The predicted molar refractivity (Wildman–Crippen MR) is 80.1 cm³/mol. The molecule has 3 atom stereocenters. The van der Waals surface area contributed by atoms with Gasteiger partial charge in [0.2, 0.25) is 0 Å². The Morgan fingerprint density at radius 1 is 1.26 bits per heavy atom. The first-order valence-electron chi connectivity index (χ1n) is 7.63. The Kier molecular flexibility index (Phi) is 5.00. The average Bonchev–Trinajstić information content (AvgIpc) is 2.46. The molecular weight excluding hydrogens is 234 g/mol. The highest BCUT2D eigenvalue weighted by molar-refractivity contribution is 5.21. The van der Waals surface area contributed by atoms with Crippen molar-refractivity contribution in [3.8, 4) is 0 Å². The van der Waals surface area contributed by atoms with Crippen molar-refractivity contribution in [1.82, 2.24) is 5.32 Å². The number of rotatable bonds is 5. The zero-order chi connectivity index (χ0) is 13.7. The number of hydrogen-bond acceptors (Lipinski definition) is 2. The summed E-state index contributed by atoms with van der Waals surface area (Å²) in [7, 11) is 0. The fraction of sp³-hybridized carbons (Fsp3) is 0.647. The van der Waals surface area contributed by atoms with Crippen LogP contribution in [0, 0.1) is 5.92 Å². The standard InChI is InChI=1S/C17H27NO/c1-3-14-8-7-11-16(12-14)18-13-17(2,19)15-9-5-4-6-10-15/h4-6,9-10,14,16,18-19H,3,7-8,11-13H2,1-2H3. The summed E-state index contributed by atoms with van der Waals surface area (Å²) < 4.78 is 0. The highest BCUT2D eigenvalue weighted by Crippen LogP contribution is 2.27. The Hall–Kier alpha value is -0.860. The van der Waals surface area contributed by atoms with Gasteiger partial charge in [-0.3, -0.25) is 0 Å². The second kappa shape index (κ2) is 6.53. The van der Waals surface area contributed by atoms with Crippen LogP contribution in [0.2, 0.25) is 0 Å². The largest absolute Gasteiger partial charge is 0.384 e. The van der Waals surface area contributed by atoms with Crippen molar-refractivity contribution in [2.45, 2.75) is 57.6 Å². The van der Waals surface area contributed by atoms with E-state index in [2.05, 4.69) is 12.2 Å². The number of hydrogen-bond donors (Lipinski definition) is 2. The van der Waals surface area contributed by atoms with Gasteiger partial charge in [-0.2, -0.15) is 0 Å². The molecule has 1 fully saturated rings. The predicted octanol–water partition coefficient (Wildman–Crippen LogP) is 3.45. The van der Waals surface area contributed by atoms with Crippen LogP contribution in [0.5, 0.6) is 0 Å². The summed E-state index contributed by atoms with van der Waals surface area (Å²) in [5, 5.41) is 14.2. The van der Waals surface area contributed by atoms with Crippen LogP contribution in [0.4, 0.5) is 0 Å². The summed E-state index contributed by atoms with van der Waals surface area (Å²) >= 11 is 0. The summed E-state index contributed by atoms with van der Waals surface area (Å²) in [6.07, 6.45) is 6.50.